The molecule has 27 heavy (non-hydrogen) atoms. The lowest BCUT2D eigenvalue weighted by atomic mass is 10.1. The minimum atomic E-state index is -0.574. The average molecular weight is 396 g/mol. The lowest BCUT2D eigenvalue weighted by molar-refractivity contribution is 0.168. The van der Waals surface area contributed by atoms with E-state index in [0.29, 0.717) is 24.7 Å². The fourth-order valence-corrected chi connectivity index (χ4v) is 4.12. The molecular weight excluding hydrogens is 368 g/mol. The fourth-order valence-electron chi connectivity index (χ4n) is 4.07. The first-order chi connectivity index (χ1) is 13.0. The van der Waals surface area contributed by atoms with Crippen LogP contribution in [0.15, 0.2) is 17.2 Å². The maximum Gasteiger partial charge on any atom is 0.184 e. The molecule has 8 heteroatoms. The van der Waals surface area contributed by atoms with Crippen molar-refractivity contribution in [1.29, 1.82) is 0 Å². The van der Waals surface area contributed by atoms with Gasteiger partial charge < -0.3 is 10.6 Å². The first-order valence-electron chi connectivity index (χ1n) is 9.61. The molecule has 0 atom stereocenters. The van der Waals surface area contributed by atoms with Crippen LogP contribution in [0.3, 0.4) is 0 Å². The molecular formula is C19H27F2N5S. The van der Waals surface area contributed by atoms with E-state index in [1.54, 1.807) is 0 Å². The van der Waals surface area contributed by atoms with Crippen molar-refractivity contribution in [3.63, 3.8) is 0 Å². The summed E-state index contributed by atoms with van der Waals surface area (Å²) in [6.45, 7) is 2.98. The largest absolute Gasteiger partial charge is 0.375 e. The second-order valence-electron chi connectivity index (χ2n) is 7.24. The molecule has 5 nitrogen and oxygen atoms in total. The van der Waals surface area contributed by atoms with Gasteiger partial charge in [-0.1, -0.05) is 25.7 Å². The van der Waals surface area contributed by atoms with Gasteiger partial charge in [-0.3, -0.25) is 10.3 Å². The van der Waals surface area contributed by atoms with Crippen molar-refractivity contribution in [3.8, 4) is 0 Å². The highest BCUT2D eigenvalue weighted by atomic mass is 32.1. The number of nitrogens with zero attached hydrogens (tertiary/aromatic N) is 3. The molecule has 1 aromatic rings. The van der Waals surface area contributed by atoms with Crippen LogP contribution in [-0.4, -0.2) is 48.4 Å². The van der Waals surface area contributed by atoms with Gasteiger partial charge in [0.2, 0.25) is 0 Å². The SMILES string of the molecule is NC(=S)N/N=C/c1cc(F)c(N2CCN(C3CCCCCC3)CC2)c(F)c1. The summed E-state index contributed by atoms with van der Waals surface area (Å²) in [5.41, 5.74) is 7.99. The molecule has 2 aliphatic rings. The van der Waals surface area contributed by atoms with E-state index in [1.807, 2.05) is 4.90 Å². The Labute approximate surface area is 164 Å². The number of thiocarbonyl (C=S) groups is 1. The van der Waals surface area contributed by atoms with E-state index >= 15 is 0 Å². The Bertz CT molecular complexity index is 658. The van der Waals surface area contributed by atoms with Crippen LogP contribution in [0.4, 0.5) is 14.5 Å². The van der Waals surface area contributed by atoms with Gasteiger partial charge in [-0.25, -0.2) is 8.78 Å². The Kier molecular flexibility index (Phi) is 6.95. The van der Waals surface area contributed by atoms with E-state index < -0.39 is 11.6 Å². The van der Waals surface area contributed by atoms with Crippen molar-refractivity contribution in [2.45, 2.75) is 44.6 Å². The number of benzene rings is 1. The van der Waals surface area contributed by atoms with Gasteiger partial charge in [0.25, 0.3) is 0 Å². The molecule has 0 bridgehead atoms. The molecule has 1 aromatic carbocycles. The van der Waals surface area contributed by atoms with Gasteiger partial charge in [0.1, 0.15) is 17.3 Å². The first-order valence-corrected chi connectivity index (χ1v) is 10.0. The van der Waals surface area contributed by atoms with E-state index in [4.69, 9.17) is 5.73 Å². The van der Waals surface area contributed by atoms with Crippen LogP contribution in [0.2, 0.25) is 0 Å². The normalized spacial score (nSPS) is 20.0. The monoisotopic (exact) mass is 395 g/mol. The van der Waals surface area contributed by atoms with Gasteiger partial charge >= 0.3 is 0 Å². The predicted octanol–water partition coefficient (Wildman–Crippen LogP) is 2.98. The molecule has 1 aliphatic carbocycles. The third-order valence-corrected chi connectivity index (χ3v) is 5.49. The van der Waals surface area contributed by atoms with Gasteiger partial charge in [0, 0.05) is 37.8 Å². The maximum absolute atomic E-state index is 14.6. The highest BCUT2D eigenvalue weighted by molar-refractivity contribution is 7.80. The predicted molar refractivity (Wildman–Crippen MR) is 109 cm³/mol. The summed E-state index contributed by atoms with van der Waals surface area (Å²) < 4.78 is 29.1. The van der Waals surface area contributed by atoms with Crippen LogP contribution in [0.1, 0.15) is 44.1 Å². The molecule has 3 rings (SSSR count). The summed E-state index contributed by atoms with van der Waals surface area (Å²) in [4.78, 5) is 4.31. The summed E-state index contributed by atoms with van der Waals surface area (Å²) >= 11 is 4.63. The zero-order chi connectivity index (χ0) is 19.2. The molecule has 0 amide bonds. The summed E-state index contributed by atoms with van der Waals surface area (Å²) in [6.07, 6.45) is 9.03. The average Bonchev–Trinajstić information content (AvgIpc) is 2.91. The fraction of sp³-hybridized carbons (Fsp3) is 0.579. The molecule has 148 valence electrons. The number of nitrogens with one attached hydrogen (secondary N) is 1. The molecule has 1 aliphatic heterocycles. The Morgan fingerprint density at radius 3 is 2.22 bits per heavy atom. The van der Waals surface area contributed by atoms with Crippen molar-refractivity contribution in [3.05, 3.63) is 29.3 Å². The maximum atomic E-state index is 14.6. The smallest absolute Gasteiger partial charge is 0.184 e. The number of halogens is 2. The van der Waals surface area contributed by atoms with Crippen LogP contribution in [0, 0.1) is 11.6 Å². The van der Waals surface area contributed by atoms with E-state index in [9.17, 15) is 8.78 Å². The summed E-state index contributed by atoms with van der Waals surface area (Å²) in [5.74, 6) is -1.15. The number of hydrogen-bond donors (Lipinski definition) is 2. The molecule has 0 aromatic heterocycles. The van der Waals surface area contributed by atoms with E-state index in [1.165, 1.54) is 56.9 Å². The topological polar surface area (TPSA) is 56.9 Å². The minimum absolute atomic E-state index is 0.00430. The highest BCUT2D eigenvalue weighted by Gasteiger charge is 2.27. The highest BCUT2D eigenvalue weighted by Crippen LogP contribution is 2.28. The molecule has 0 spiro atoms. The van der Waals surface area contributed by atoms with Crippen molar-refractivity contribution in [2.75, 3.05) is 31.1 Å². The molecule has 0 unspecified atom stereocenters. The Morgan fingerprint density at radius 2 is 1.67 bits per heavy atom. The lowest BCUT2D eigenvalue weighted by Gasteiger charge is -2.40. The molecule has 2 fully saturated rings. The zero-order valence-electron chi connectivity index (χ0n) is 15.5. The van der Waals surface area contributed by atoms with Crippen molar-refractivity contribution >= 4 is 29.2 Å². The molecule has 3 N–H and O–H groups in total. The number of nitrogens with two attached hydrogens (primary N) is 1. The number of anilines is 1. The van der Waals surface area contributed by atoms with Crippen LogP contribution in [-0.2, 0) is 0 Å². The van der Waals surface area contributed by atoms with Crippen molar-refractivity contribution < 1.29 is 8.78 Å². The van der Waals surface area contributed by atoms with E-state index in [2.05, 4.69) is 27.6 Å². The second-order valence-corrected chi connectivity index (χ2v) is 7.68. The summed E-state index contributed by atoms with van der Waals surface area (Å²) in [7, 11) is 0. The standard InChI is InChI=1S/C19H27F2N5S/c20-16-11-14(13-23-24-19(22)27)12-17(21)18(16)26-9-7-25(8-10-26)15-5-3-1-2-4-6-15/h11-13,15H,1-10H2,(H3,22,24,27)/b23-13+. The van der Waals surface area contributed by atoms with Crippen LogP contribution in [0.25, 0.3) is 0 Å². The van der Waals surface area contributed by atoms with Gasteiger partial charge in [-0.15, -0.1) is 0 Å². The van der Waals surface area contributed by atoms with Gasteiger partial charge in [-0.05, 0) is 37.2 Å². The summed E-state index contributed by atoms with van der Waals surface area (Å²) in [6, 6.07) is 3.19. The number of hydrazone groups is 1. The first kappa shape index (κ1) is 19.9. The number of piperazine rings is 1. The number of rotatable bonds is 4. The zero-order valence-corrected chi connectivity index (χ0v) is 16.3. The molecule has 1 heterocycles. The van der Waals surface area contributed by atoms with Gasteiger partial charge in [0.15, 0.2) is 5.11 Å². The van der Waals surface area contributed by atoms with Gasteiger partial charge in [0.05, 0.1) is 6.21 Å². The third kappa shape index (κ3) is 5.35. The van der Waals surface area contributed by atoms with Crippen LogP contribution in [0.5, 0.6) is 0 Å². The van der Waals surface area contributed by atoms with E-state index in [0.717, 1.165) is 13.1 Å². The Balaban J connectivity index is 1.63. The quantitative estimate of drug-likeness (QED) is 0.355. The van der Waals surface area contributed by atoms with Crippen LogP contribution >= 0.6 is 12.2 Å². The second kappa shape index (κ2) is 9.41. The minimum Gasteiger partial charge on any atom is -0.375 e. The lowest BCUT2D eigenvalue weighted by Crippen LogP contribution is -2.50. The Hall–Kier alpha value is -1.80. The Morgan fingerprint density at radius 1 is 1.07 bits per heavy atom. The molecule has 1 saturated carbocycles. The van der Waals surface area contributed by atoms with Crippen molar-refractivity contribution in [2.24, 2.45) is 10.8 Å². The third-order valence-electron chi connectivity index (χ3n) is 5.40. The molecule has 1 saturated heterocycles. The van der Waals surface area contributed by atoms with Crippen molar-refractivity contribution in [1.82, 2.24) is 10.3 Å². The summed E-state index contributed by atoms with van der Waals surface area (Å²) in [5, 5.41) is 3.74. The number of hydrogen-bond acceptors (Lipinski definition) is 4. The van der Waals surface area contributed by atoms with Crippen LogP contribution < -0.4 is 16.1 Å². The van der Waals surface area contributed by atoms with Gasteiger partial charge in [-0.2, -0.15) is 5.10 Å². The van der Waals surface area contributed by atoms with E-state index in [-0.39, 0.29) is 10.8 Å². The molecule has 0 radical (unpaired) electrons.